The van der Waals surface area contributed by atoms with Crippen molar-refractivity contribution in [3.8, 4) is 0 Å². The molecule has 2 aromatic rings. The van der Waals surface area contributed by atoms with Crippen molar-refractivity contribution in [2.45, 2.75) is 31.9 Å². The van der Waals surface area contributed by atoms with Crippen molar-refractivity contribution in [2.24, 2.45) is 5.41 Å². The molecule has 1 amide bonds. The highest BCUT2D eigenvalue weighted by atomic mass is 32.2. The number of piperidine rings is 2. The first kappa shape index (κ1) is 19.7. The summed E-state index contributed by atoms with van der Waals surface area (Å²) in [5.74, 6) is 0.667. The Balaban J connectivity index is 1.41. The monoisotopic (exact) mass is 399 g/mol. The molecule has 1 unspecified atom stereocenters. The first-order valence-electron chi connectivity index (χ1n) is 10.1. The Labute approximate surface area is 171 Å². The number of likely N-dealkylation sites (tertiary alicyclic amines) is 2. The number of nitrogens with zero attached hydrogens (tertiary/aromatic N) is 3. The zero-order chi connectivity index (χ0) is 19.6. The van der Waals surface area contributed by atoms with E-state index in [1.165, 1.54) is 10.9 Å². The highest BCUT2D eigenvalue weighted by molar-refractivity contribution is 7.99. The fourth-order valence-corrected chi connectivity index (χ4v) is 5.27. The summed E-state index contributed by atoms with van der Waals surface area (Å²) in [6, 6.07) is 10.4. The van der Waals surface area contributed by atoms with Crippen molar-refractivity contribution < 1.29 is 9.90 Å². The molecule has 6 heteroatoms. The lowest BCUT2D eigenvalue weighted by atomic mass is 9.71. The summed E-state index contributed by atoms with van der Waals surface area (Å²) in [5, 5.41) is 11.6. The fourth-order valence-electron chi connectivity index (χ4n) is 4.84. The van der Waals surface area contributed by atoms with Crippen molar-refractivity contribution in [1.82, 2.24) is 14.8 Å². The third-order valence-corrected chi connectivity index (χ3v) is 6.83. The molecule has 1 spiro atoms. The molecule has 150 valence electrons. The van der Waals surface area contributed by atoms with Crippen molar-refractivity contribution in [3.63, 3.8) is 0 Å². The summed E-state index contributed by atoms with van der Waals surface area (Å²) >= 11 is 1.56. The number of fused-ring (bicyclic) bond motifs is 1. The van der Waals surface area contributed by atoms with Crippen LogP contribution in [0.5, 0.6) is 0 Å². The molecule has 1 N–H and O–H groups in total. The minimum absolute atomic E-state index is 0.0720. The zero-order valence-electron chi connectivity index (χ0n) is 16.5. The third kappa shape index (κ3) is 4.19. The maximum atomic E-state index is 12.4. The van der Waals surface area contributed by atoms with Gasteiger partial charge < -0.3 is 10.0 Å². The number of β-amino-alcohol motifs (C(OH)–C–C–N with tert-alkyl or cyclic N) is 1. The Kier molecular flexibility index (Phi) is 5.90. The van der Waals surface area contributed by atoms with E-state index in [1.807, 2.05) is 23.4 Å². The van der Waals surface area contributed by atoms with Gasteiger partial charge in [-0.15, -0.1) is 0 Å². The molecule has 2 fully saturated rings. The lowest BCUT2D eigenvalue weighted by Gasteiger charge is -2.49. The van der Waals surface area contributed by atoms with Gasteiger partial charge in [-0.3, -0.25) is 14.7 Å². The van der Waals surface area contributed by atoms with Gasteiger partial charge in [0.15, 0.2) is 0 Å². The number of aliphatic hydroxyl groups excluding tert-OH is 1. The van der Waals surface area contributed by atoms with E-state index in [2.05, 4.69) is 34.1 Å². The van der Waals surface area contributed by atoms with E-state index in [9.17, 15) is 9.90 Å². The minimum Gasteiger partial charge on any atom is -0.391 e. The van der Waals surface area contributed by atoms with Crippen LogP contribution >= 0.6 is 11.8 Å². The highest BCUT2D eigenvalue weighted by Crippen LogP contribution is 2.40. The predicted molar refractivity (Wildman–Crippen MR) is 114 cm³/mol. The number of hydrogen-bond acceptors (Lipinski definition) is 5. The number of hydrogen-bond donors (Lipinski definition) is 1. The molecule has 28 heavy (non-hydrogen) atoms. The zero-order valence-corrected chi connectivity index (χ0v) is 17.3. The summed E-state index contributed by atoms with van der Waals surface area (Å²) in [7, 11) is 0. The van der Waals surface area contributed by atoms with Crippen LogP contribution in [0, 0.1) is 5.41 Å². The topological polar surface area (TPSA) is 56.7 Å². The van der Waals surface area contributed by atoms with E-state index in [1.54, 1.807) is 11.8 Å². The summed E-state index contributed by atoms with van der Waals surface area (Å²) in [4.78, 5) is 21.2. The molecule has 1 atom stereocenters. The van der Waals surface area contributed by atoms with Gasteiger partial charge in [0, 0.05) is 31.2 Å². The Hall–Kier alpha value is -1.63. The SMILES string of the molecule is CSCC(=O)N1CC(O)CC2(CCN(Cc3ccnc4ccccc34)CC2)C1. The largest absolute Gasteiger partial charge is 0.391 e. The van der Waals surface area contributed by atoms with Crippen molar-refractivity contribution in [1.29, 1.82) is 0 Å². The van der Waals surface area contributed by atoms with Crippen LogP contribution in [-0.4, -0.2) is 70.1 Å². The molecule has 2 aliphatic rings. The molecule has 5 nitrogen and oxygen atoms in total. The van der Waals surface area contributed by atoms with Gasteiger partial charge in [0.25, 0.3) is 0 Å². The van der Waals surface area contributed by atoms with Gasteiger partial charge in [-0.05, 0) is 61.7 Å². The second kappa shape index (κ2) is 8.39. The second-order valence-corrected chi connectivity index (χ2v) is 9.19. The smallest absolute Gasteiger partial charge is 0.232 e. The van der Waals surface area contributed by atoms with Crippen LogP contribution in [0.4, 0.5) is 0 Å². The average molecular weight is 400 g/mol. The van der Waals surface area contributed by atoms with Gasteiger partial charge in [-0.1, -0.05) is 18.2 Å². The number of thioether (sulfide) groups is 1. The normalized spacial score (nSPS) is 22.6. The molecular weight excluding hydrogens is 370 g/mol. The Bertz CT molecular complexity index is 830. The second-order valence-electron chi connectivity index (χ2n) is 8.33. The van der Waals surface area contributed by atoms with Crippen LogP contribution in [0.1, 0.15) is 24.8 Å². The van der Waals surface area contributed by atoms with E-state index in [4.69, 9.17) is 0 Å². The number of aromatic nitrogens is 1. The Morgan fingerprint density at radius 3 is 2.86 bits per heavy atom. The standard InChI is InChI=1S/C22H29N3O2S/c1-28-15-21(27)25-14-18(26)12-22(16-25)7-10-24(11-8-22)13-17-6-9-23-20-5-3-2-4-19(17)20/h2-6,9,18,26H,7-8,10-16H2,1H3. The molecule has 0 saturated carbocycles. The van der Waals surface area contributed by atoms with Crippen LogP contribution in [0.2, 0.25) is 0 Å². The molecular formula is C22H29N3O2S. The van der Waals surface area contributed by atoms with Gasteiger partial charge in [0.2, 0.25) is 5.91 Å². The van der Waals surface area contributed by atoms with E-state index < -0.39 is 6.10 Å². The summed E-state index contributed by atoms with van der Waals surface area (Å²) in [6.07, 6.45) is 6.36. The van der Waals surface area contributed by atoms with Crippen LogP contribution in [0.25, 0.3) is 10.9 Å². The number of pyridine rings is 1. The molecule has 0 radical (unpaired) electrons. The first-order chi connectivity index (χ1) is 13.6. The maximum absolute atomic E-state index is 12.4. The fraction of sp³-hybridized carbons (Fsp3) is 0.545. The van der Waals surface area contributed by atoms with Crippen molar-refractivity contribution in [3.05, 3.63) is 42.1 Å². The predicted octanol–water partition coefficient (Wildman–Crippen LogP) is 2.77. The number of amides is 1. The molecule has 2 aliphatic heterocycles. The molecule has 4 rings (SSSR count). The van der Waals surface area contributed by atoms with Gasteiger partial charge >= 0.3 is 0 Å². The Morgan fingerprint density at radius 2 is 2.07 bits per heavy atom. The molecule has 1 aromatic heterocycles. The molecule has 3 heterocycles. The first-order valence-corrected chi connectivity index (χ1v) is 11.5. The number of rotatable bonds is 4. The summed E-state index contributed by atoms with van der Waals surface area (Å²) in [6.45, 7) is 4.24. The van der Waals surface area contributed by atoms with Crippen molar-refractivity contribution >= 4 is 28.6 Å². The van der Waals surface area contributed by atoms with Gasteiger partial charge in [-0.2, -0.15) is 11.8 Å². The highest BCUT2D eigenvalue weighted by Gasteiger charge is 2.42. The minimum atomic E-state index is -0.393. The van der Waals surface area contributed by atoms with Crippen LogP contribution in [0.3, 0.4) is 0 Å². The number of carbonyl (C=O) groups is 1. The molecule has 1 aromatic carbocycles. The quantitative estimate of drug-likeness (QED) is 0.857. The van der Waals surface area contributed by atoms with Crippen LogP contribution in [-0.2, 0) is 11.3 Å². The molecule has 0 aliphatic carbocycles. The Morgan fingerprint density at radius 1 is 1.29 bits per heavy atom. The number of carbonyl (C=O) groups excluding carboxylic acids is 1. The van der Waals surface area contributed by atoms with Crippen molar-refractivity contribution in [2.75, 3.05) is 38.2 Å². The van der Waals surface area contributed by atoms with Gasteiger partial charge in [-0.25, -0.2) is 0 Å². The molecule has 0 bridgehead atoms. The van der Waals surface area contributed by atoms with E-state index >= 15 is 0 Å². The summed E-state index contributed by atoms with van der Waals surface area (Å²) in [5.41, 5.74) is 2.44. The van der Waals surface area contributed by atoms with Gasteiger partial charge in [0.05, 0.1) is 17.4 Å². The number of benzene rings is 1. The number of para-hydroxylation sites is 1. The molecule has 2 saturated heterocycles. The van der Waals surface area contributed by atoms with E-state index in [0.717, 1.165) is 51.0 Å². The summed E-state index contributed by atoms with van der Waals surface area (Å²) < 4.78 is 0. The van der Waals surface area contributed by atoms with Gasteiger partial charge in [0.1, 0.15) is 0 Å². The van der Waals surface area contributed by atoms with Crippen LogP contribution in [0.15, 0.2) is 36.5 Å². The lowest BCUT2D eigenvalue weighted by Crippen LogP contribution is -2.55. The number of aliphatic hydroxyl groups is 1. The van der Waals surface area contributed by atoms with E-state index in [0.29, 0.717) is 12.3 Å². The van der Waals surface area contributed by atoms with Crippen LogP contribution < -0.4 is 0 Å². The lowest BCUT2D eigenvalue weighted by molar-refractivity contribution is -0.137. The third-order valence-electron chi connectivity index (χ3n) is 6.30. The average Bonchev–Trinajstić information content (AvgIpc) is 2.70. The van der Waals surface area contributed by atoms with E-state index in [-0.39, 0.29) is 11.3 Å². The maximum Gasteiger partial charge on any atom is 0.232 e.